The van der Waals surface area contributed by atoms with E-state index < -0.39 is 11.7 Å². The molecule has 1 aliphatic heterocycles. The molecule has 98 valence electrons. The minimum atomic E-state index is -0.704. The molecule has 0 aliphatic carbocycles. The maximum atomic E-state index is 13.5. The van der Waals surface area contributed by atoms with Gasteiger partial charge >= 0.3 is 0 Å². The molecule has 1 saturated heterocycles. The standard InChI is InChI=1S/C13H17FN2O2/c1-8(9-4-5-15-7-9)16-13(18)11-3-2-10(17)6-12(11)14/h2-3,6,8-9,15,17H,4-5,7H2,1H3,(H,16,18). The molecule has 0 saturated carbocycles. The predicted molar refractivity (Wildman–Crippen MR) is 66.0 cm³/mol. The van der Waals surface area contributed by atoms with Crippen LogP contribution in [0.2, 0.25) is 0 Å². The van der Waals surface area contributed by atoms with Gasteiger partial charge < -0.3 is 15.7 Å². The molecule has 0 spiro atoms. The van der Waals surface area contributed by atoms with Crippen LogP contribution in [0.1, 0.15) is 23.7 Å². The first-order valence-corrected chi connectivity index (χ1v) is 6.08. The fourth-order valence-corrected chi connectivity index (χ4v) is 2.19. The van der Waals surface area contributed by atoms with Gasteiger partial charge in [0.25, 0.3) is 5.91 Å². The van der Waals surface area contributed by atoms with E-state index in [1.807, 2.05) is 6.92 Å². The molecule has 1 heterocycles. The van der Waals surface area contributed by atoms with Gasteiger partial charge in [-0.25, -0.2) is 4.39 Å². The number of hydrogen-bond donors (Lipinski definition) is 3. The molecule has 18 heavy (non-hydrogen) atoms. The van der Waals surface area contributed by atoms with Crippen LogP contribution in [-0.4, -0.2) is 30.1 Å². The Morgan fingerprint density at radius 2 is 2.39 bits per heavy atom. The average Bonchev–Trinajstić information content (AvgIpc) is 2.81. The van der Waals surface area contributed by atoms with Crippen molar-refractivity contribution in [1.29, 1.82) is 0 Å². The van der Waals surface area contributed by atoms with E-state index in [-0.39, 0.29) is 17.4 Å². The summed E-state index contributed by atoms with van der Waals surface area (Å²) in [6, 6.07) is 3.54. The van der Waals surface area contributed by atoms with Crippen LogP contribution in [0.4, 0.5) is 4.39 Å². The predicted octanol–water partition coefficient (Wildman–Crippen LogP) is 1.26. The van der Waals surface area contributed by atoms with Crippen LogP contribution >= 0.6 is 0 Å². The number of rotatable bonds is 3. The fraction of sp³-hybridized carbons (Fsp3) is 0.462. The Morgan fingerprint density at radius 3 is 3.00 bits per heavy atom. The number of nitrogens with one attached hydrogen (secondary N) is 2. The van der Waals surface area contributed by atoms with Crippen LogP contribution < -0.4 is 10.6 Å². The quantitative estimate of drug-likeness (QED) is 0.759. The molecular formula is C13H17FN2O2. The average molecular weight is 252 g/mol. The Hall–Kier alpha value is -1.62. The second-order valence-corrected chi connectivity index (χ2v) is 4.68. The molecular weight excluding hydrogens is 235 g/mol. The lowest BCUT2D eigenvalue weighted by atomic mass is 10.0. The van der Waals surface area contributed by atoms with Crippen LogP contribution in [0.3, 0.4) is 0 Å². The van der Waals surface area contributed by atoms with Gasteiger partial charge in [-0.05, 0) is 44.5 Å². The van der Waals surface area contributed by atoms with E-state index in [1.54, 1.807) is 0 Å². The lowest BCUT2D eigenvalue weighted by molar-refractivity contribution is 0.0924. The highest BCUT2D eigenvalue weighted by atomic mass is 19.1. The third kappa shape index (κ3) is 2.79. The van der Waals surface area contributed by atoms with Gasteiger partial charge in [-0.2, -0.15) is 0 Å². The molecule has 1 aromatic rings. The van der Waals surface area contributed by atoms with E-state index in [0.29, 0.717) is 5.92 Å². The number of benzene rings is 1. The maximum absolute atomic E-state index is 13.5. The second-order valence-electron chi connectivity index (χ2n) is 4.68. The van der Waals surface area contributed by atoms with Crippen molar-refractivity contribution in [2.75, 3.05) is 13.1 Å². The van der Waals surface area contributed by atoms with E-state index in [9.17, 15) is 9.18 Å². The van der Waals surface area contributed by atoms with E-state index in [2.05, 4.69) is 10.6 Å². The zero-order valence-corrected chi connectivity index (χ0v) is 10.2. The third-order valence-electron chi connectivity index (χ3n) is 3.36. The number of phenols is 1. The maximum Gasteiger partial charge on any atom is 0.254 e. The van der Waals surface area contributed by atoms with Crippen molar-refractivity contribution in [3.05, 3.63) is 29.6 Å². The summed E-state index contributed by atoms with van der Waals surface area (Å²) in [7, 11) is 0. The number of carbonyl (C=O) groups excluding carboxylic acids is 1. The Bertz CT molecular complexity index is 445. The number of hydrogen-bond acceptors (Lipinski definition) is 3. The zero-order chi connectivity index (χ0) is 13.1. The minimum absolute atomic E-state index is 0.000651. The number of halogens is 1. The lowest BCUT2D eigenvalue weighted by Crippen LogP contribution is -2.39. The Balaban J connectivity index is 2.02. The van der Waals surface area contributed by atoms with Gasteiger partial charge in [-0.3, -0.25) is 4.79 Å². The Morgan fingerprint density at radius 1 is 1.61 bits per heavy atom. The summed E-state index contributed by atoms with van der Waals surface area (Å²) in [5, 5.41) is 15.1. The molecule has 1 fully saturated rings. The van der Waals surface area contributed by atoms with E-state index in [1.165, 1.54) is 12.1 Å². The third-order valence-corrected chi connectivity index (χ3v) is 3.36. The number of aromatic hydroxyl groups is 1. The first kappa shape index (κ1) is 12.8. The van der Waals surface area contributed by atoms with Gasteiger partial charge in [0, 0.05) is 12.1 Å². The highest BCUT2D eigenvalue weighted by molar-refractivity contribution is 5.94. The van der Waals surface area contributed by atoms with Crippen molar-refractivity contribution in [1.82, 2.24) is 10.6 Å². The van der Waals surface area contributed by atoms with Crippen LogP contribution in [0.15, 0.2) is 18.2 Å². The first-order valence-electron chi connectivity index (χ1n) is 6.08. The summed E-state index contributed by atoms with van der Waals surface area (Å²) in [6.07, 6.45) is 1.01. The lowest BCUT2D eigenvalue weighted by Gasteiger charge is -2.19. The zero-order valence-electron chi connectivity index (χ0n) is 10.2. The number of carbonyl (C=O) groups is 1. The highest BCUT2D eigenvalue weighted by Crippen LogP contribution is 2.17. The van der Waals surface area contributed by atoms with E-state index >= 15 is 0 Å². The monoisotopic (exact) mass is 252 g/mol. The molecule has 1 amide bonds. The summed E-state index contributed by atoms with van der Waals surface area (Å²) >= 11 is 0. The SMILES string of the molecule is CC(NC(=O)c1ccc(O)cc1F)C1CCNC1. The first-order chi connectivity index (χ1) is 8.58. The van der Waals surface area contributed by atoms with Crippen molar-refractivity contribution < 1.29 is 14.3 Å². The fourth-order valence-electron chi connectivity index (χ4n) is 2.19. The van der Waals surface area contributed by atoms with Crippen LogP contribution in [0.25, 0.3) is 0 Å². The molecule has 2 atom stereocenters. The number of phenolic OH excluding ortho intramolecular Hbond substituents is 1. The van der Waals surface area contributed by atoms with Crippen molar-refractivity contribution in [3.8, 4) is 5.75 Å². The van der Waals surface area contributed by atoms with Crippen LogP contribution in [0.5, 0.6) is 5.75 Å². The minimum Gasteiger partial charge on any atom is -0.508 e. The van der Waals surface area contributed by atoms with Gasteiger partial charge in [-0.15, -0.1) is 0 Å². The second kappa shape index (κ2) is 5.35. The molecule has 1 aliphatic rings. The van der Waals surface area contributed by atoms with Crippen molar-refractivity contribution in [2.45, 2.75) is 19.4 Å². The molecule has 4 nitrogen and oxygen atoms in total. The van der Waals surface area contributed by atoms with Crippen LogP contribution in [-0.2, 0) is 0 Å². The molecule has 5 heteroatoms. The smallest absolute Gasteiger partial charge is 0.254 e. The molecule has 3 N–H and O–H groups in total. The summed E-state index contributed by atoms with van der Waals surface area (Å²) in [6.45, 7) is 3.76. The van der Waals surface area contributed by atoms with Crippen molar-refractivity contribution in [3.63, 3.8) is 0 Å². The van der Waals surface area contributed by atoms with E-state index in [0.717, 1.165) is 25.6 Å². The molecule has 0 aromatic heterocycles. The highest BCUT2D eigenvalue weighted by Gasteiger charge is 2.23. The van der Waals surface area contributed by atoms with Crippen molar-refractivity contribution >= 4 is 5.91 Å². The molecule has 0 bridgehead atoms. The van der Waals surface area contributed by atoms with Gasteiger partial charge in [0.05, 0.1) is 5.56 Å². The van der Waals surface area contributed by atoms with Gasteiger partial charge in [0.15, 0.2) is 0 Å². The van der Waals surface area contributed by atoms with E-state index in [4.69, 9.17) is 5.11 Å². The van der Waals surface area contributed by atoms with Gasteiger partial charge in [0.2, 0.25) is 0 Å². The largest absolute Gasteiger partial charge is 0.508 e. The summed E-state index contributed by atoms with van der Waals surface area (Å²) in [5.41, 5.74) is -0.0365. The molecule has 2 rings (SSSR count). The summed E-state index contributed by atoms with van der Waals surface area (Å²) in [5.74, 6) is -0.942. The van der Waals surface area contributed by atoms with Gasteiger partial charge in [-0.1, -0.05) is 0 Å². The normalized spacial score (nSPS) is 20.7. The molecule has 2 unspecified atom stereocenters. The summed E-state index contributed by atoms with van der Waals surface area (Å²) in [4.78, 5) is 11.9. The number of amides is 1. The Labute approximate surface area is 105 Å². The summed E-state index contributed by atoms with van der Waals surface area (Å²) < 4.78 is 13.5. The topological polar surface area (TPSA) is 61.4 Å². The molecule has 0 radical (unpaired) electrons. The Kier molecular flexibility index (Phi) is 3.81. The van der Waals surface area contributed by atoms with Crippen LogP contribution in [0, 0.1) is 11.7 Å². The molecule has 1 aromatic carbocycles. The van der Waals surface area contributed by atoms with Crippen molar-refractivity contribution in [2.24, 2.45) is 5.92 Å². The van der Waals surface area contributed by atoms with Gasteiger partial charge in [0.1, 0.15) is 11.6 Å².